The van der Waals surface area contributed by atoms with E-state index in [1.165, 1.54) is 4.57 Å². The molecule has 0 aliphatic carbocycles. The van der Waals surface area contributed by atoms with Crippen LogP contribution in [-0.4, -0.2) is 45.7 Å². The van der Waals surface area contributed by atoms with Crippen molar-refractivity contribution in [2.45, 2.75) is 45.4 Å². The van der Waals surface area contributed by atoms with E-state index in [9.17, 15) is 14.4 Å². The van der Waals surface area contributed by atoms with Crippen LogP contribution in [0.3, 0.4) is 0 Å². The van der Waals surface area contributed by atoms with Crippen molar-refractivity contribution in [3.05, 3.63) is 61.9 Å². The first-order chi connectivity index (χ1) is 13.7. The maximum absolute atomic E-state index is 13.0. The predicted octanol–water partition coefficient (Wildman–Crippen LogP) is 0.346. The number of benzene rings is 1. The van der Waals surface area contributed by atoms with Gasteiger partial charge >= 0.3 is 11.7 Å². The van der Waals surface area contributed by atoms with Gasteiger partial charge in [-0.1, -0.05) is 12.1 Å². The Bertz CT molecular complexity index is 1020. The van der Waals surface area contributed by atoms with Gasteiger partial charge in [0.25, 0.3) is 5.56 Å². The lowest BCUT2D eigenvalue weighted by Crippen LogP contribution is -2.45. The molecule has 0 amide bonds. The second kappa shape index (κ2) is 8.34. The van der Waals surface area contributed by atoms with Crippen LogP contribution in [0.25, 0.3) is 5.69 Å². The largest absolute Gasteiger partial charge is 0.462 e. The minimum Gasteiger partial charge on any atom is -0.462 e. The second-order valence-electron chi connectivity index (χ2n) is 7.86. The molecule has 2 N–H and O–H groups in total. The topological polar surface area (TPSA) is 99.6 Å². The Labute approximate surface area is 169 Å². The molecule has 1 aromatic heterocycles. The molecular weight excluding hydrogens is 372 g/mol. The summed E-state index contributed by atoms with van der Waals surface area (Å²) in [7, 11) is 3.66. The van der Waals surface area contributed by atoms with Gasteiger partial charge < -0.3 is 15.4 Å². The molecule has 8 nitrogen and oxygen atoms in total. The lowest BCUT2D eigenvalue weighted by molar-refractivity contribution is -0.148. The molecule has 2 heterocycles. The zero-order valence-electron chi connectivity index (χ0n) is 17.3. The Hall–Kier alpha value is -2.71. The molecule has 156 valence electrons. The lowest BCUT2D eigenvalue weighted by atomic mass is 10.1. The van der Waals surface area contributed by atoms with E-state index in [2.05, 4.69) is 4.90 Å². The Morgan fingerprint density at radius 3 is 2.45 bits per heavy atom. The summed E-state index contributed by atoms with van der Waals surface area (Å²) in [6, 6.07) is 6.19. The predicted molar refractivity (Wildman–Crippen MR) is 110 cm³/mol. The van der Waals surface area contributed by atoms with Crippen molar-refractivity contribution in [3.63, 3.8) is 0 Å². The number of likely N-dealkylation sites (N-methyl/N-ethyl adjacent to an activating group) is 1. The number of fused-ring (bicyclic) bond motifs is 1. The number of aromatic nitrogens is 2. The minimum absolute atomic E-state index is 0.220. The number of nitrogens with zero attached hydrogens (tertiary/aromatic N) is 3. The number of hydrogen-bond acceptors (Lipinski definition) is 6. The van der Waals surface area contributed by atoms with E-state index in [0.29, 0.717) is 30.6 Å². The first-order valence-corrected chi connectivity index (χ1v) is 9.76. The molecule has 1 atom stereocenters. The number of esters is 1. The van der Waals surface area contributed by atoms with E-state index in [0.717, 1.165) is 17.8 Å². The zero-order chi connectivity index (χ0) is 21.3. The van der Waals surface area contributed by atoms with Crippen molar-refractivity contribution in [1.29, 1.82) is 0 Å². The molecular formula is C21H28N4O4. The van der Waals surface area contributed by atoms with Gasteiger partial charge in [-0.05, 0) is 45.0 Å². The molecule has 3 rings (SSSR count). The number of carbonyl (C=O) groups is 1. The molecule has 0 saturated carbocycles. The maximum atomic E-state index is 13.0. The minimum atomic E-state index is -0.766. The molecule has 8 heteroatoms. The maximum Gasteiger partial charge on any atom is 0.335 e. The van der Waals surface area contributed by atoms with Crippen LogP contribution >= 0.6 is 0 Å². The van der Waals surface area contributed by atoms with Gasteiger partial charge in [0.05, 0.1) is 17.4 Å². The molecule has 0 spiro atoms. The third kappa shape index (κ3) is 4.33. The number of carbonyl (C=O) groups excluding carboxylic acids is 1. The summed E-state index contributed by atoms with van der Waals surface area (Å²) in [6.07, 6.45) is 0.770. The summed E-state index contributed by atoms with van der Waals surface area (Å²) >= 11 is 0. The van der Waals surface area contributed by atoms with Crippen LogP contribution in [0.2, 0.25) is 0 Å². The van der Waals surface area contributed by atoms with Gasteiger partial charge in [0.1, 0.15) is 6.04 Å². The Balaban J connectivity index is 1.90. The van der Waals surface area contributed by atoms with Gasteiger partial charge in [-0.3, -0.25) is 14.2 Å². The molecule has 2 aromatic rings. The number of ether oxygens (including phenoxy) is 1. The van der Waals surface area contributed by atoms with E-state index in [-0.39, 0.29) is 17.4 Å². The average molecular weight is 400 g/mol. The lowest BCUT2D eigenvalue weighted by Gasteiger charge is -2.26. The molecule has 0 bridgehead atoms. The third-order valence-electron chi connectivity index (χ3n) is 5.16. The average Bonchev–Trinajstić information content (AvgIpc) is 2.67. The third-order valence-corrected chi connectivity index (χ3v) is 5.16. The fourth-order valence-electron chi connectivity index (χ4n) is 3.60. The van der Waals surface area contributed by atoms with E-state index in [4.69, 9.17) is 10.5 Å². The van der Waals surface area contributed by atoms with Gasteiger partial charge in [-0.2, -0.15) is 0 Å². The van der Waals surface area contributed by atoms with Crippen LogP contribution in [0.1, 0.15) is 30.7 Å². The van der Waals surface area contributed by atoms with E-state index < -0.39 is 12.0 Å². The van der Waals surface area contributed by atoms with E-state index in [1.807, 2.05) is 7.05 Å². The Morgan fingerprint density at radius 1 is 1.17 bits per heavy atom. The second-order valence-corrected chi connectivity index (χ2v) is 7.86. The van der Waals surface area contributed by atoms with Gasteiger partial charge in [0.15, 0.2) is 0 Å². The molecule has 0 fully saturated rings. The van der Waals surface area contributed by atoms with Crippen molar-refractivity contribution in [3.8, 4) is 5.69 Å². The van der Waals surface area contributed by atoms with Crippen LogP contribution < -0.4 is 17.0 Å². The van der Waals surface area contributed by atoms with Gasteiger partial charge in [0.2, 0.25) is 0 Å². The summed E-state index contributed by atoms with van der Waals surface area (Å²) in [5.41, 5.74) is 8.06. The first kappa shape index (κ1) is 21.0. The fraction of sp³-hybridized carbons (Fsp3) is 0.476. The highest BCUT2D eigenvalue weighted by molar-refractivity contribution is 5.76. The normalized spacial score (nSPS) is 15.2. The van der Waals surface area contributed by atoms with Crippen LogP contribution in [-0.2, 0) is 36.0 Å². The standard InChI is InChI=1S/C21H28N4O4/c1-13(2)29-20(27)17(22)11-14-5-7-15(8-6-14)25-19(26)16-12-23(3)10-9-18(16)24(4)21(25)28/h5-8,13,17H,9-12,22H2,1-4H3/t17-/m0/s1. The summed E-state index contributed by atoms with van der Waals surface area (Å²) < 4.78 is 7.89. The summed E-state index contributed by atoms with van der Waals surface area (Å²) in [4.78, 5) is 39.8. The molecule has 1 aliphatic rings. The smallest absolute Gasteiger partial charge is 0.335 e. The molecule has 29 heavy (non-hydrogen) atoms. The van der Waals surface area contributed by atoms with Crippen molar-refractivity contribution >= 4 is 5.97 Å². The van der Waals surface area contributed by atoms with Crippen molar-refractivity contribution in [2.75, 3.05) is 13.6 Å². The Kier molecular flexibility index (Phi) is 6.04. The van der Waals surface area contributed by atoms with Gasteiger partial charge in [0, 0.05) is 32.3 Å². The van der Waals surface area contributed by atoms with Crippen molar-refractivity contribution in [2.24, 2.45) is 12.8 Å². The van der Waals surface area contributed by atoms with Gasteiger partial charge in [-0.15, -0.1) is 0 Å². The Morgan fingerprint density at radius 2 is 1.83 bits per heavy atom. The van der Waals surface area contributed by atoms with Crippen LogP contribution in [0, 0.1) is 0 Å². The SMILES string of the molecule is CC(C)OC(=O)[C@@H](N)Cc1ccc(-n2c(=O)c3c(n(C)c2=O)CCN(C)C3)cc1. The van der Waals surface area contributed by atoms with Crippen molar-refractivity contribution < 1.29 is 9.53 Å². The highest BCUT2D eigenvalue weighted by Crippen LogP contribution is 2.14. The van der Waals surface area contributed by atoms with Crippen LogP contribution in [0.15, 0.2) is 33.9 Å². The van der Waals surface area contributed by atoms with Crippen LogP contribution in [0.5, 0.6) is 0 Å². The van der Waals surface area contributed by atoms with E-state index in [1.54, 1.807) is 49.7 Å². The number of rotatable bonds is 5. The molecule has 1 aliphatic heterocycles. The zero-order valence-corrected chi connectivity index (χ0v) is 17.3. The number of hydrogen-bond donors (Lipinski definition) is 1. The monoisotopic (exact) mass is 400 g/mol. The summed E-state index contributed by atoms with van der Waals surface area (Å²) in [6.45, 7) is 4.88. The molecule has 0 unspecified atom stereocenters. The number of nitrogens with two attached hydrogens (primary N) is 1. The van der Waals surface area contributed by atoms with Crippen LogP contribution in [0.4, 0.5) is 0 Å². The van der Waals surface area contributed by atoms with E-state index >= 15 is 0 Å². The summed E-state index contributed by atoms with van der Waals surface area (Å²) in [5, 5.41) is 0. The molecule has 0 saturated heterocycles. The van der Waals surface area contributed by atoms with Gasteiger partial charge in [-0.25, -0.2) is 9.36 Å². The highest BCUT2D eigenvalue weighted by atomic mass is 16.5. The summed E-state index contributed by atoms with van der Waals surface area (Å²) in [5.74, 6) is -0.451. The fourth-order valence-corrected chi connectivity index (χ4v) is 3.60. The van der Waals surface area contributed by atoms with Crippen molar-refractivity contribution in [1.82, 2.24) is 14.0 Å². The molecule has 0 radical (unpaired) electrons. The first-order valence-electron chi connectivity index (χ1n) is 9.76. The highest BCUT2D eigenvalue weighted by Gasteiger charge is 2.23. The molecule has 1 aromatic carbocycles. The quantitative estimate of drug-likeness (QED) is 0.727.